The maximum atomic E-state index is 13.0. The third kappa shape index (κ3) is 4.48. The molecular weight excluding hydrogens is 402 g/mol. The number of allylic oxidation sites excluding steroid dienone is 1. The number of carbonyl (C=O) groups excluding carboxylic acids is 2. The molecule has 2 saturated heterocycles. The highest BCUT2D eigenvalue weighted by molar-refractivity contribution is 6.01. The van der Waals surface area contributed by atoms with E-state index in [1.807, 2.05) is 6.07 Å². The zero-order chi connectivity index (χ0) is 22.1. The number of rotatable bonds is 5. The lowest BCUT2D eigenvalue weighted by Gasteiger charge is -2.36. The first-order chi connectivity index (χ1) is 15.6. The molecule has 0 radical (unpaired) electrons. The molecule has 0 spiro atoms. The van der Waals surface area contributed by atoms with Crippen LogP contribution in [0.4, 0.5) is 0 Å². The van der Waals surface area contributed by atoms with Gasteiger partial charge in [0, 0.05) is 36.5 Å². The van der Waals surface area contributed by atoms with Gasteiger partial charge in [-0.15, -0.1) is 0 Å². The van der Waals surface area contributed by atoms with E-state index in [0.717, 1.165) is 49.3 Å². The Bertz CT molecular complexity index is 892. The van der Waals surface area contributed by atoms with Crippen LogP contribution in [0, 0.1) is 5.92 Å². The summed E-state index contributed by atoms with van der Waals surface area (Å²) in [5, 5.41) is 6.72. The summed E-state index contributed by atoms with van der Waals surface area (Å²) in [5.74, 6) is 0.492. The number of carbonyl (C=O) groups is 2. The van der Waals surface area contributed by atoms with Crippen molar-refractivity contribution in [3.8, 4) is 0 Å². The SMILES string of the molecule is C=C1CCC(N2Cc3cc(C[C@H]4CCCC[C@@H]4NC4CCCOC4)ccc3C2=O)C(=O)N1. The van der Waals surface area contributed by atoms with Crippen LogP contribution in [0.3, 0.4) is 0 Å². The van der Waals surface area contributed by atoms with Gasteiger partial charge in [0.25, 0.3) is 5.91 Å². The number of hydrogen-bond donors (Lipinski definition) is 2. The molecule has 4 atom stereocenters. The topological polar surface area (TPSA) is 70.7 Å². The van der Waals surface area contributed by atoms with E-state index in [0.29, 0.717) is 31.0 Å². The van der Waals surface area contributed by atoms with Crippen molar-refractivity contribution in [1.82, 2.24) is 15.5 Å². The minimum Gasteiger partial charge on any atom is -0.380 e. The number of hydrogen-bond acceptors (Lipinski definition) is 4. The molecule has 1 aromatic rings. The molecule has 6 nitrogen and oxygen atoms in total. The molecule has 1 aliphatic carbocycles. The Kier molecular flexibility index (Phi) is 6.33. The predicted molar refractivity (Wildman–Crippen MR) is 123 cm³/mol. The maximum absolute atomic E-state index is 13.0. The van der Waals surface area contributed by atoms with Crippen molar-refractivity contribution >= 4 is 11.8 Å². The number of nitrogens with zero attached hydrogens (tertiary/aromatic N) is 1. The molecule has 0 bridgehead atoms. The maximum Gasteiger partial charge on any atom is 0.255 e. The summed E-state index contributed by atoms with van der Waals surface area (Å²) in [6.45, 7) is 6.11. The second-order valence-electron chi connectivity index (χ2n) is 10.0. The van der Waals surface area contributed by atoms with Crippen LogP contribution in [-0.2, 0) is 22.5 Å². The molecule has 4 aliphatic rings. The summed E-state index contributed by atoms with van der Waals surface area (Å²) in [4.78, 5) is 27.2. The summed E-state index contributed by atoms with van der Waals surface area (Å²) in [6.07, 6.45) is 9.85. The lowest BCUT2D eigenvalue weighted by molar-refractivity contribution is -0.126. The first-order valence-electron chi connectivity index (χ1n) is 12.3. The van der Waals surface area contributed by atoms with E-state index in [1.165, 1.54) is 37.7 Å². The summed E-state index contributed by atoms with van der Waals surface area (Å²) in [7, 11) is 0. The monoisotopic (exact) mass is 437 g/mol. The third-order valence-corrected chi connectivity index (χ3v) is 7.72. The van der Waals surface area contributed by atoms with Crippen LogP contribution < -0.4 is 10.6 Å². The number of amides is 2. The largest absolute Gasteiger partial charge is 0.380 e. The van der Waals surface area contributed by atoms with Gasteiger partial charge >= 0.3 is 0 Å². The molecule has 6 heteroatoms. The Hall–Kier alpha value is -2.18. The number of fused-ring (bicyclic) bond motifs is 1. The molecule has 172 valence electrons. The van der Waals surface area contributed by atoms with Crippen LogP contribution in [0.5, 0.6) is 0 Å². The second-order valence-corrected chi connectivity index (χ2v) is 10.0. The van der Waals surface area contributed by atoms with Gasteiger partial charge in [-0.3, -0.25) is 9.59 Å². The summed E-state index contributed by atoms with van der Waals surface area (Å²) < 4.78 is 5.68. The molecule has 3 heterocycles. The van der Waals surface area contributed by atoms with Crippen molar-refractivity contribution in [2.45, 2.75) is 82.5 Å². The molecule has 3 aliphatic heterocycles. The van der Waals surface area contributed by atoms with Gasteiger partial charge in [-0.1, -0.05) is 31.6 Å². The fourth-order valence-corrected chi connectivity index (χ4v) is 5.98. The number of nitrogens with one attached hydrogen (secondary N) is 2. The standard InChI is InChI=1S/C26H35N3O3/c1-17-8-11-24(25(30)27-17)29-15-20-14-18(9-10-22(20)26(29)31)13-19-5-2-3-7-23(19)28-21-6-4-12-32-16-21/h9-10,14,19,21,23-24,28H,1-8,11-13,15-16H2,(H,27,30)/t19-,21?,23+,24?/m1/s1. The van der Waals surface area contributed by atoms with Gasteiger partial charge in [0.15, 0.2) is 0 Å². The molecule has 3 fully saturated rings. The molecule has 2 unspecified atom stereocenters. The number of ether oxygens (including phenoxy) is 1. The molecule has 5 rings (SSSR count). The quantitative estimate of drug-likeness (QED) is 0.742. The van der Waals surface area contributed by atoms with Crippen LogP contribution in [0.15, 0.2) is 30.5 Å². The van der Waals surface area contributed by atoms with Gasteiger partial charge < -0.3 is 20.3 Å². The Balaban J connectivity index is 1.26. The highest BCUT2D eigenvalue weighted by Gasteiger charge is 2.38. The molecular formula is C26H35N3O3. The van der Waals surface area contributed by atoms with Gasteiger partial charge in [0.2, 0.25) is 5.91 Å². The normalized spacial score (nSPS) is 30.9. The fourth-order valence-electron chi connectivity index (χ4n) is 5.98. The van der Waals surface area contributed by atoms with E-state index in [-0.39, 0.29) is 11.8 Å². The molecule has 2 N–H and O–H groups in total. The summed E-state index contributed by atoms with van der Waals surface area (Å²) in [5.41, 5.74) is 3.86. The Morgan fingerprint density at radius 1 is 1.12 bits per heavy atom. The average molecular weight is 438 g/mol. The molecule has 1 aromatic carbocycles. The van der Waals surface area contributed by atoms with Crippen molar-refractivity contribution in [3.63, 3.8) is 0 Å². The average Bonchev–Trinajstić information content (AvgIpc) is 3.11. The smallest absolute Gasteiger partial charge is 0.255 e. The zero-order valence-corrected chi connectivity index (χ0v) is 18.9. The van der Waals surface area contributed by atoms with Crippen molar-refractivity contribution in [2.24, 2.45) is 5.92 Å². The van der Waals surface area contributed by atoms with E-state index >= 15 is 0 Å². The Morgan fingerprint density at radius 3 is 2.81 bits per heavy atom. The zero-order valence-electron chi connectivity index (χ0n) is 18.9. The van der Waals surface area contributed by atoms with Crippen LogP contribution >= 0.6 is 0 Å². The van der Waals surface area contributed by atoms with Gasteiger partial charge in [0.1, 0.15) is 6.04 Å². The molecule has 2 amide bonds. The van der Waals surface area contributed by atoms with E-state index in [2.05, 4.69) is 29.3 Å². The molecule has 0 aromatic heterocycles. The number of benzene rings is 1. The lowest BCUT2D eigenvalue weighted by Crippen LogP contribution is -2.49. The van der Waals surface area contributed by atoms with E-state index < -0.39 is 6.04 Å². The highest BCUT2D eigenvalue weighted by atomic mass is 16.5. The van der Waals surface area contributed by atoms with Gasteiger partial charge in [-0.05, 0) is 68.1 Å². The van der Waals surface area contributed by atoms with E-state index in [1.54, 1.807) is 4.90 Å². The third-order valence-electron chi connectivity index (χ3n) is 7.72. The van der Waals surface area contributed by atoms with Gasteiger partial charge in [0.05, 0.1) is 6.61 Å². The summed E-state index contributed by atoms with van der Waals surface area (Å²) >= 11 is 0. The minimum atomic E-state index is -0.395. The first kappa shape index (κ1) is 21.7. The molecule has 32 heavy (non-hydrogen) atoms. The minimum absolute atomic E-state index is 0.0197. The van der Waals surface area contributed by atoms with E-state index in [9.17, 15) is 9.59 Å². The van der Waals surface area contributed by atoms with Crippen LogP contribution in [0.25, 0.3) is 0 Å². The summed E-state index contributed by atoms with van der Waals surface area (Å²) in [6, 6.07) is 6.95. The van der Waals surface area contributed by atoms with Crippen LogP contribution in [0.2, 0.25) is 0 Å². The van der Waals surface area contributed by atoms with Crippen LogP contribution in [0.1, 0.15) is 72.9 Å². The van der Waals surface area contributed by atoms with Crippen LogP contribution in [-0.4, -0.2) is 48.1 Å². The first-order valence-corrected chi connectivity index (χ1v) is 12.3. The fraction of sp³-hybridized carbons (Fsp3) is 0.615. The highest BCUT2D eigenvalue weighted by Crippen LogP contribution is 2.32. The Labute approximate surface area is 190 Å². The predicted octanol–water partition coefficient (Wildman–Crippen LogP) is 3.30. The van der Waals surface area contributed by atoms with Crippen molar-refractivity contribution in [3.05, 3.63) is 47.2 Å². The Morgan fingerprint density at radius 2 is 2.00 bits per heavy atom. The van der Waals surface area contributed by atoms with Gasteiger partial charge in [-0.2, -0.15) is 0 Å². The second kappa shape index (κ2) is 9.36. The number of piperidine rings is 1. The van der Waals surface area contributed by atoms with E-state index in [4.69, 9.17) is 4.74 Å². The van der Waals surface area contributed by atoms with Gasteiger partial charge in [-0.25, -0.2) is 0 Å². The van der Waals surface area contributed by atoms with Crippen molar-refractivity contribution < 1.29 is 14.3 Å². The lowest BCUT2D eigenvalue weighted by atomic mass is 9.80. The van der Waals surface area contributed by atoms with Crippen molar-refractivity contribution in [1.29, 1.82) is 0 Å². The van der Waals surface area contributed by atoms with Crippen molar-refractivity contribution in [2.75, 3.05) is 13.2 Å². The molecule has 1 saturated carbocycles.